The van der Waals surface area contributed by atoms with Crippen molar-refractivity contribution in [3.63, 3.8) is 0 Å². The van der Waals surface area contributed by atoms with Crippen molar-refractivity contribution in [1.29, 1.82) is 0 Å². The van der Waals surface area contributed by atoms with Crippen LogP contribution in [0.1, 0.15) is 41.1 Å². The zero-order valence-electron chi connectivity index (χ0n) is 18.4. The van der Waals surface area contributed by atoms with Gasteiger partial charge in [0.25, 0.3) is 11.5 Å². The van der Waals surface area contributed by atoms with E-state index in [0.29, 0.717) is 28.9 Å². The van der Waals surface area contributed by atoms with E-state index in [2.05, 4.69) is 17.6 Å². The summed E-state index contributed by atoms with van der Waals surface area (Å²) in [6.07, 6.45) is 3.03. The summed E-state index contributed by atoms with van der Waals surface area (Å²) in [5.74, 6) is 0.307. The molecule has 1 unspecified atom stereocenters. The van der Waals surface area contributed by atoms with E-state index in [1.807, 2.05) is 6.92 Å². The Kier molecular flexibility index (Phi) is 6.66. The summed E-state index contributed by atoms with van der Waals surface area (Å²) >= 11 is 2.87. The molecule has 0 saturated carbocycles. The Balaban J connectivity index is 1.54. The van der Waals surface area contributed by atoms with E-state index in [9.17, 15) is 14.4 Å². The highest BCUT2D eigenvalue weighted by molar-refractivity contribution is 7.99. The van der Waals surface area contributed by atoms with Crippen LogP contribution in [0.4, 0.5) is 5.69 Å². The van der Waals surface area contributed by atoms with Gasteiger partial charge >= 0.3 is 0 Å². The van der Waals surface area contributed by atoms with E-state index in [-0.39, 0.29) is 23.1 Å². The fourth-order valence-electron chi connectivity index (χ4n) is 4.00. The molecule has 0 fully saturated rings. The van der Waals surface area contributed by atoms with Crippen LogP contribution in [-0.2, 0) is 24.2 Å². The van der Waals surface area contributed by atoms with Crippen LogP contribution in [0.25, 0.3) is 10.2 Å². The summed E-state index contributed by atoms with van der Waals surface area (Å²) in [6.45, 7) is 4.67. The molecule has 0 spiro atoms. The number of amides is 2. The quantitative estimate of drug-likeness (QED) is 0.423. The Bertz CT molecular complexity index is 1250. The first-order valence-electron chi connectivity index (χ1n) is 10.7. The highest BCUT2D eigenvalue weighted by atomic mass is 32.2. The molecule has 2 aromatic heterocycles. The number of fused-ring (bicyclic) bond motifs is 3. The molecule has 7 nitrogen and oxygen atoms in total. The zero-order chi connectivity index (χ0) is 22.8. The van der Waals surface area contributed by atoms with Crippen molar-refractivity contribution in [1.82, 2.24) is 14.9 Å². The summed E-state index contributed by atoms with van der Waals surface area (Å²) in [6, 6.07) is 6.77. The molecule has 1 aromatic carbocycles. The summed E-state index contributed by atoms with van der Waals surface area (Å²) < 4.78 is 1.66. The molecule has 9 heteroatoms. The molecule has 1 atom stereocenters. The first kappa shape index (κ1) is 22.5. The highest BCUT2D eigenvalue weighted by Gasteiger charge is 2.24. The number of nitrogens with one attached hydrogen (secondary N) is 2. The van der Waals surface area contributed by atoms with Gasteiger partial charge in [-0.1, -0.05) is 24.8 Å². The summed E-state index contributed by atoms with van der Waals surface area (Å²) in [7, 11) is 1.56. The van der Waals surface area contributed by atoms with Gasteiger partial charge < -0.3 is 10.6 Å². The second-order valence-electron chi connectivity index (χ2n) is 7.97. The van der Waals surface area contributed by atoms with Crippen LogP contribution in [0.5, 0.6) is 0 Å². The Labute approximate surface area is 194 Å². The molecule has 0 radical (unpaired) electrons. The van der Waals surface area contributed by atoms with E-state index < -0.39 is 0 Å². The Morgan fingerprint density at radius 1 is 1.34 bits per heavy atom. The van der Waals surface area contributed by atoms with Gasteiger partial charge in [0, 0.05) is 29.7 Å². The van der Waals surface area contributed by atoms with Crippen molar-refractivity contribution >= 4 is 50.8 Å². The van der Waals surface area contributed by atoms with Gasteiger partial charge in [-0.05, 0) is 55.9 Å². The number of thioether (sulfide) groups is 1. The van der Waals surface area contributed by atoms with Crippen molar-refractivity contribution < 1.29 is 9.59 Å². The number of nitrogens with zero attached hydrogens (tertiary/aromatic N) is 2. The van der Waals surface area contributed by atoms with Gasteiger partial charge in [0.15, 0.2) is 5.16 Å². The number of thiophene rings is 1. The Hall–Kier alpha value is -2.65. The van der Waals surface area contributed by atoms with Crippen LogP contribution in [0.3, 0.4) is 0 Å². The Morgan fingerprint density at radius 2 is 2.16 bits per heavy atom. The average Bonchev–Trinajstić information content (AvgIpc) is 3.14. The lowest BCUT2D eigenvalue weighted by Crippen LogP contribution is -2.24. The first-order valence-corrected chi connectivity index (χ1v) is 12.5. The molecule has 4 rings (SSSR count). The minimum Gasteiger partial charge on any atom is -0.355 e. The van der Waals surface area contributed by atoms with Gasteiger partial charge in [0.2, 0.25) is 5.91 Å². The first-order chi connectivity index (χ1) is 15.4. The number of carbonyl (C=O) groups excluding carboxylic acids is 2. The van der Waals surface area contributed by atoms with Gasteiger partial charge in [-0.2, -0.15) is 0 Å². The number of rotatable bonds is 6. The lowest BCUT2D eigenvalue weighted by atomic mass is 9.89. The second kappa shape index (κ2) is 9.46. The molecule has 1 aliphatic carbocycles. The fraction of sp³-hybridized carbons (Fsp3) is 0.391. The van der Waals surface area contributed by atoms with Crippen molar-refractivity contribution in [3.05, 3.63) is 50.6 Å². The van der Waals surface area contributed by atoms with Crippen molar-refractivity contribution in [2.75, 3.05) is 18.1 Å². The molecule has 2 amide bonds. The normalized spacial score (nSPS) is 15.4. The average molecular weight is 471 g/mol. The van der Waals surface area contributed by atoms with E-state index in [0.717, 1.165) is 29.5 Å². The number of hydrogen-bond donors (Lipinski definition) is 2. The van der Waals surface area contributed by atoms with E-state index >= 15 is 0 Å². The molecule has 0 saturated heterocycles. The zero-order valence-corrected chi connectivity index (χ0v) is 20.0. The molecule has 3 aromatic rings. The van der Waals surface area contributed by atoms with Gasteiger partial charge in [-0.15, -0.1) is 11.3 Å². The third-order valence-electron chi connectivity index (χ3n) is 5.66. The largest absolute Gasteiger partial charge is 0.355 e. The number of carbonyl (C=O) groups is 2. The predicted molar refractivity (Wildman–Crippen MR) is 130 cm³/mol. The maximum atomic E-state index is 13.2. The molecule has 1 aliphatic rings. The maximum Gasteiger partial charge on any atom is 0.263 e. The minimum absolute atomic E-state index is 0.00857. The van der Waals surface area contributed by atoms with Crippen LogP contribution in [0.2, 0.25) is 0 Å². The smallest absolute Gasteiger partial charge is 0.263 e. The lowest BCUT2D eigenvalue weighted by molar-refractivity contribution is -0.113. The van der Waals surface area contributed by atoms with E-state index in [1.54, 1.807) is 47.2 Å². The van der Waals surface area contributed by atoms with Crippen LogP contribution >= 0.6 is 23.1 Å². The Morgan fingerprint density at radius 3 is 2.91 bits per heavy atom. The molecule has 2 N–H and O–H groups in total. The maximum absolute atomic E-state index is 13.2. The topological polar surface area (TPSA) is 93.1 Å². The third kappa shape index (κ3) is 4.45. The molecule has 168 valence electrons. The van der Waals surface area contributed by atoms with Gasteiger partial charge in [-0.3, -0.25) is 19.0 Å². The molecular weight excluding hydrogens is 444 g/mol. The highest BCUT2D eigenvalue weighted by Crippen LogP contribution is 2.36. The number of aryl methyl sites for hydroxylation is 1. The van der Waals surface area contributed by atoms with Crippen molar-refractivity contribution in [2.24, 2.45) is 5.92 Å². The number of aromatic nitrogens is 2. The SMILES string of the molecule is CCn1c(SCC(=O)Nc2cccc(C(=O)NC)c2)nc2sc3c(c2c1=O)CCC(C)C3. The fourth-order valence-corrected chi connectivity index (χ4v) is 6.29. The van der Waals surface area contributed by atoms with Gasteiger partial charge in [0.1, 0.15) is 4.83 Å². The van der Waals surface area contributed by atoms with Gasteiger partial charge in [0.05, 0.1) is 11.1 Å². The summed E-state index contributed by atoms with van der Waals surface area (Å²) in [5.41, 5.74) is 2.19. The van der Waals surface area contributed by atoms with Crippen LogP contribution in [0, 0.1) is 5.92 Å². The van der Waals surface area contributed by atoms with Crippen molar-refractivity contribution in [2.45, 2.75) is 44.8 Å². The third-order valence-corrected chi connectivity index (χ3v) is 7.79. The lowest BCUT2D eigenvalue weighted by Gasteiger charge is -2.17. The van der Waals surface area contributed by atoms with Crippen LogP contribution in [0.15, 0.2) is 34.2 Å². The molecule has 2 heterocycles. The molecule has 32 heavy (non-hydrogen) atoms. The van der Waals surface area contributed by atoms with Crippen LogP contribution < -0.4 is 16.2 Å². The predicted octanol–water partition coefficient (Wildman–Crippen LogP) is 3.69. The van der Waals surface area contributed by atoms with Crippen LogP contribution in [-0.4, -0.2) is 34.2 Å². The number of anilines is 1. The standard InChI is InChI=1S/C23H26N4O3S2/c1-4-27-22(30)19-16-9-8-13(2)10-17(16)32-21(19)26-23(27)31-12-18(28)25-15-7-5-6-14(11-15)20(29)24-3/h5-7,11,13H,4,8-10,12H2,1-3H3,(H,24,29)(H,25,28). The monoisotopic (exact) mass is 470 g/mol. The van der Waals surface area contributed by atoms with E-state index in [1.165, 1.54) is 22.2 Å². The molecular formula is C23H26N4O3S2. The van der Waals surface area contributed by atoms with Gasteiger partial charge in [-0.25, -0.2) is 4.98 Å². The second-order valence-corrected chi connectivity index (χ2v) is 10.00. The number of hydrogen-bond acceptors (Lipinski definition) is 6. The number of benzene rings is 1. The molecule has 0 aliphatic heterocycles. The minimum atomic E-state index is -0.222. The summed E-state index contributed by atoms with van der Waals surface area (Å²) in [4.78, 5) is 44.4. The van der Waals surface area contributed by atoms with E-state index in [4.69, 9.17) is 4.98 Å². The van der Waals surface area contributed by atoms with Crippen molar-refractivity contribution in [3.8, 4) is 0 Å². The summed E-state index contributed by atoms with van der Waals surface area (Å²) in [5, 5.41) is 6.70. The molecule has 0 bridgehead atoms.